The largest absolute Gasteiger partial charge is 0.480 e. The number of carboxylic acids is 1. The normalized spacial score (nSPS) is 10.6. The molecule has 0 aliphatic carbocycles. The molecule has 0 bridgehead atoms. The molecule has 19 heavy (non-hydrogen) atoms. The molecule has 6 nitrogen and oxygen atoms in total. The molecular weight excluding hydrogens is 246 g/mol. The SMILES string of the molecule is Cc1ncc(C(=O)N(CC(=O)O)CC(C)C)c(C)n1. The highest BCUT2D eigenvalue weighted by Gasteiger charge is 2.21. The summed E-state index contributed by atoms with van der Waals surface area (Å²) in [5.74, 6) is -0.592. The van der Waals surface area contributed by atoms with Gasteiger partial charge in [-0.05, 0) is 19.8 Å². The summed E-state index contributed by atoms with van der Waals surface area (Å²) in [5.41, 5.74) is 0.921. The first-order valence-corrected chi connectivity index (χ1v) is 6.12. The molecule has 0 unspecified atom stereocenters. The monoisotopic (exact) mass is 265 g/mol. The average Bonchev–Trinajstić information content (AvgIpc) is 2.26. The van der Waals surface area contributed by atoms with E-state index in [9.17, 15) is 9.59 Å². The van der Waals surface area contributed by atoms with E-state index in [4.69, 9.17) is 5.11 Å². The minimum Gasteiger partial charge on any atom is -0.480 e. The zero-order valence-corrected chi connectivity index (χ0v) is 11.7. The van der Waals surface area contributed by atoms with Crippen LogP contribution in [-0.4, -0.2) is 44.9 Å². The van der Waals surface area contributed by atoms with Gasteiger partial charge in [0.05, 0.1) is 11.3 Å². The second kappa shape index (κ2) is 6.26. The summed E-state index contributed by atoms with van der Waals surface area (Å²) in [6.45, 7) is 7.39. The number of aryl methyl sites for hydroxylation is 2. The van der Waals surface area contributed by atoms with Gasteiger partial charge in [-0.3, -0.25) is 9.59 Å². The third kappa shape index (κ3) is 4.31. The van der Waals surface area contributed by atoms with Gasteiger partial charge in [-0.15, -0.1) is 0 Å². The van der Waals surface area contributed by atoms with E-state index in [1.54, 1.807) is 13.8 Å². The summed E-state index contributed by atoms with van der Waals surface area (Å²) in [7, 11) is 0. The fraction of sp³-hybridized carbons (Fsp3) is 0.538. The van der Waals surface area contributed by atoms with Crippen molar-refractivity contribution in [3.8, 4) is 0 Å². The number of carbonyl (C=O) groups is 2. The quantitative estimate of drug-likeness (QED) is 0.867. The van der Waals surface area contributed by atoms with Crippen LogP contribution in [0.25, 0.3) is 0 Å². The van der Waals surface area contributed by atoms with Crippen LogP contribution in [-0.2, 0) is 4.79 Å². The minimum atomic E-state index is -1.03. The number of aliphatic carboxylic acids is 1. The molecule has 1 N–H and O–H groups in total. The molecule has 1 aromatic rings. The predicted molar refractivity (Wildman–Crippen MR) is 69.9 cm³/mol. The molecule has 1 amide bonds. The molecule has 1 rings (SSSR count). The summed E-state index contributed by atoms with van der Waals surface area (Å²) < 4.78 is 0. The number of amides is 1. The highest BCUT2D eigenvalue weighted by molar-refractivity contribution is 5.96. The maximum Gasteiger partial charge on any atom is 0.323 e. The Labute approximate surface area is 112 Å². The van der Waals surface area contributed by atoms with Crippen molar-refractivity contribution < 1.29 is 14.7 Å². The highest BCUT2D eigenvalue weighted by Crippen LogP contribution is 2.10. The van der Waals surface area contributed by atoms with Crippen molar-refractivity contribution in [1.82, 2.24) is 14.9 Å². The first-order valence-electron chi connectivity index (χ1n) is 6.12. The van der Waals surface area contributed by atoms with Gasteiger partial charge < -0.3 is 10.0 Å². The highest BCUT2D eigenvalue weighted by atomic mass is 16.4. The Balaban J connectivity index is 3.00. The van der Waals surface area contributed by atoms with Crippen molar-refractivity contribution in [2.75, 3.05) is 13.1 Å². The van der Waals surface area contributed by atoms with Gasteiger partial charge >= 0.3 is 5.97 Å². The second-order valence-electron chi connectivity index (χ2n) is 4.89. The summed E-state index contributed by atoms with van der Waals surface area (Å²) in [6, 6.07) is 0. The van der Waals surface area contributed by atoms with Gasteiger partial charge in [0.2, 0.25) is 0 Å². The van der Waals surface area contributed by atoms with Crippen LogP contribution < -0.4 is 0 Å². The topological polar surface area (TPSA) is 83.4 Å². The third-order valence-corrected chi connectivity index (χ3v) is 2.53. The zero-order valence-electron chi connectivity index (χ0n) is 11.7. The Morgan fingerprint density at radius 3 is 2.47 bits per heavy atom. The van der Waals surface area contributed by atoms with E-state index in [-0.39, 0.29) is 18.4 Å². The zero-order chi connectivity index (χ0) is 14.6. The van der Waals surface area contributed by atoms with Crippen LogP contribution in [0.2, 0.25) is 0 Å². The van der Waals surface area contributed by atoms with Crippen molar-refractivity contribution in [1.29, 1.82) is 0 Å². The lowest BCUT2D eigenvalue weighted by Crippen LogP contribution is -2.38. The van der Waals surface area contributed by atoms with Crippen LogP contribution >= 0.6 is 0 Å². The Hall–Kier alpha value is -1.98. The standard InChI is InChI=1S/C13H19N3O3/c1-8(2)6-16(7-12(17)18)13(19)11-5-14-10(4)15-9(11)3/h5,8H,6-7H2,1-4H3,(H,17,18). The number of hydrogen-bond donors (Lipinski definition) is 1. The number of aromatic nitrogens is 2. The summed E-state index contributed by atoms with van der Waals surface area (Å²) in [4.78, 5) is 32.6. The lowest BCUT2D eigenvalue weighted by molar-refractivity contribution is -0.137. The van der Waals surface area contributed by atoms with Gasteiger partial charge in [0.25, 0.3) is 5.91 Å². The average molecular weight is 265 g/mol. The minimum absolute atomic E-state index is 0.190. The van der Waals surface area contributed by atoms with E-state index in [0.29, 0.717) is 23.6 Å². The molecule has 0 atom stereocenters. The molecule has 0 fully saturated rings. The summed E-state index contributed by atoms with van der Waals surface area (Å²) in [6.07, 6.45) is 1.45. The molecule has 0 spiro atoms. The van der Waals surface area contributed by atoms with E-state index >= 15 is 0 Å². The van der Waals surface area contributed by atoms with E-state index in [0.717, 1.165) is 0 Å². The smallest absolute Gasteiger partial charge is 0.323 e. The van der Waals surface area contributed by atoms with E-state index in [2.05, 4.69) is 9.97 Å². The van der Waals surface area contributed by atoms with Crippen molar-refractivity contribution in [3.63, 3.8) is 0 Å². The number of rotatable bonds is 5. The summed E-state index contributed by atoms with van der Waals surface area (Å²) in [5, 5.41) is 8.88. The first kappa shape index (κ1) is 15.1. The molecule has 6 heteroatoms. The third-order valence-electron chi connectivity index (χ3n) is 2.53. The molecular formula is C13H19N3O3. The van der Waals surface area contributed by atoms with Crippen LogP contribution in [0.3, 0.4) is 0 Å². The molecule has 0 aliphatic heterocycles. The Kier molecular flexibility index (Phi) is 4.97. The van der Waals surface area contributed by atoms with E-state index < -0.39 is 5.97 Å². The second-order valence-corrected chi connectivity index (χ2v) is 4.89. The lowest BCUT2D eigenvalue weighted by Gasteiger charge is -2.23. The van der Waals surface area contributed by atoms with E-state index in [1.807, 2.05) is 13.8 Å². The fourth-order valence-electron chi connectivity index (χ4n) is 1.79. The molecule has 0 radical (unpaired) electrons. The number of carboxylic acid groups (broad SMARTS) is 1. The van der Waals surface area contributed by atoms with Crippen LogP contribution in [0, 0.1) is 19.8 Å². The van der Waals surface area contributed by atoms with Gasteiger partial charge in [-0.25, -0.2) is 9.97 Å². The Bertz CT molecular complexity index is 486. The van der Waals surface area contributed by atoms with Crippen LogP contribution in [0.15, 0.2) is 6.20 Å². The van der Waals surface area contributed by atoms with Gasteiger partial charge in [-0.1, -0.05) is 13.8 Å². The number of carbonyl (C=O) groups excluding carboxylic acids is 1. The van der Waals surface area contributed by atoms with Gasteiger partial charge in [0.15, 0.2) is 0 Å². The Morgan fingerprint density at radius 1 is 1.37 bits per heavy atom. The fourth-order valence-corrected chi connectivity index (χ4v) is 1.79. The van der Waals surface area contributed by atoms with Crippen molar-refractivity contribution >= 4 is 11.9 Å². The molecule has 0 aliphatic rings. The number of nitrogens with zero attached hydrogens (tertiary/aromatic N) is 3. The van der Waals surface area contributed by atoms with Crippen LogP contribution in [0.1, 0.15) is 35.7 Å². The van der Waals surface area contributed by atoms with Gasteiger partial charge in [0, 0.05) is 12.7 Å². The predicted octanol–water partition coefficient (Wildman–Crippen LogP) is 1.28. The van der Waals surface area contributed by atoms with Gasteiger partial charge in [0.1, 0.15) is 12.4 Å². The van der Waals surface area contributed by atoms with Crippen LogP contribution in [0.4, 0.5) is 0 Å². The molecule has 0 saturated carbocycles. The molecule has 0 aromatic carbocycles. The molecule has 0 saturated heterocycles. The molecule has 1 aromatic heterocycles. The van der Waals surface area contributed by atoms with Crippen molar-refractivity contribution in [2.45, 2.75) is 27.7 Å². The maximum atomic E-state index is 12.3. The maximum absolute atomic E-state index is 12.3. The molecule has 1 heterocycles. The van der Waals surface area contributed by atoms with Gasteiger partial charge in [-0.2, -0.15) is 0 Å². The number of hydrogen-bond acceptors (Lipinski definition) is 4. The van der Waals surface area contributed by atoms with E-state index in [1.165, 1.54) is 11.1 Å². The summed E-state index contributed by atoms with van der Waals surface area (Å²) >= 11 is 0. The Morgan fingerprint density at radius 2 is 2.00 bits per heavy atom. The van der Waals surface area contributed by atoms with Crippen molar-refractivity contribution in [2.24, 2.45) is 5.92 Å². The first-order chi connectivity index (χ1) is 8.81. The lowest BCUT2D eigenvalue weighted by atomic mass is 10.1. The van der Waals surface area contributed by atoms with Crippen LogP contribution in [0.5, 0.6) is 0 Å². The van der Waals surface area contributed by atoms with Crippen molar-refractivity contribution in [3.05, 3.63) is 23.3 Å². The molecule has 104 valence electrons.